The first-order valence-electron chi connectivity index (χ1n) is 12.4. The minimum Gasteiger partial charge on any atom is -0.322 e. The van der Waals surface area contributed by atoms with Crippen LogP contribution in [-0.2, 0) is 10.8 Å². The molecule has 2 amide bonds. The highest BCUT2D eigenvalue weighted by Crippen LogP contribution is 2.53. The first-order chi connectivity index (χ1) is 18.0. The number of carbonyl (C=O) groups excluding carboxylic acids is 2. The molecule has 0 heterocycles. The molecule has 0 saturated carbocycles. The van der Waals surface area contributed by atoms with Gasteiger partial charge < -0.3 is 10.6 Å². The van der Waals surface area contributed by atoms with Crippen LogP contribution in [0, 0.1) is 0 Å². The Hall–Kier alpha value is -3.60. The average Bonchev–Trinajstić information content (AvgIpc) is 3.09. The van der Waals surface area contributed by atoms with Crippen LogP contribution in [0.15, 0.2) is 91.0 Å². The first-order valence-corrected chi connectivity index (χ1v) is 13.2. The normalized spacial score (nSPS) is 17.5. The molecule has 6 heteroatoms. The maximum Gasteiger partial charge on any atom is 0.255 e. The number of halogens is 2. The zero-order valence-electron chi connectivity index (χ0n) is 21.4. The summed E-state index contributed by atoms with van der Waals surface area (Å²) in [5, 5.41) is 6.97. The Kier molecular flexibility index (Phi) is 6.81. The molecule has 38 heavy (non-hydrogen) atoms. The van der Waals surface area contributed by atoms with Gasteiger partial charge >= 0.3 is 0 Å². The van der Waals surface area contributed by atoms with Crippen LogP contribution in [0.4, 0.5) is 11.4 Å². The quantitative estimate of drug-likeness (QED) is 0.265. The van der Waals surface area contributed by atoms with E-state index >= 15 is 0 Å². The average molecular weight is 543 g/mol. The van der Waals surface area contributed by atoms with E-state index in [1.807, 2.05) is 42.5 Å². The monoisotopic (exact) mass is 542 g/mol. The zero-order valence-corrected chi connectivity index (χ0v) is 23.0. The molecule has 0 spiro atoms. The number of anilines is 2. The van der Waals surface area contributed by atoms with Crippen LogP contribution in [-0.4, -0.2) is 11.8 Å². The molecular weight excluding hydrogens is 515 g/mol. The number of hydrogen-bond acceptors (Lipinski definition) is 2. The van der Waals surface area contributed by atoms with Gasteiger partial charge in [-0.15, -0.1) is 0 Å². The second kappa shape index (κ2) is 9.94. The van der Waals surface area contributed by atoms with Gasteiger partial charge in [-0.1, -0.05) is 74.3 Å². The van der Waals surface area contributed by atoms with Crippen molar-refractivity contribution < 1.29 is 9.59 Å². The number of hydrogen-bond donors (Lipinski definition) is 2. The molecule has 2 N–H and O–H groups in total. The summed E-state index contributed by atoms with van der Waals surface area (Å²) >= 11 is 12.1. The summed E-state index contributed by atoms with van der Waals surface area (Å²) in [5.41, 5.74) is 5.48. The smallest absolute Gasteiger partial charge is 0.255 e. The molecule has 1 unspecified atom stereocenters. The lowest BCUT2D eigenvalue weighted by molar-refractivity contribution is 0.101. The molecule has 4 nitrogen and oxygen atoms in total. The fraction of sp³-hybridized carbons (Fsp3) is 0.188. The topological polar surface area (TPSA) is 58.2 Å². The number of amides is 2. The summed E-state index contributed by atoms with van der Waals surface area (Å²) in [6, 6.07) is 27.9. The predicted molar refractivity (Wildman–Crippen MR) is 156 cm³/mol. The second-order valence-corrected chi connectivity index (χ2v) is 11.5. The predicted octanol–water partition coefficient (Wildman–Crippen LogP) is 8.49. The molecule has 0 radical (unpaired) electrons. The third-order valence-electron chi connectivity index (χ3n) is 7.35. The first kappa shape index (κ1) is 26.0. The van der Waals surface area contributed by atoms with Crippen molar-refractivity contribution in [2.24, 2.45) is 0 Å². The van der Waals surface area contributed by atoms with Gasteiger partial charge in [-0.2, -0.15) is 0 Å². The van der Waals surface area contributed by atoms with Crippen molar-refractivity contribution in [1.29, 1.82) is 0 Å². The molecule has 0 fully saturated rings. The van der Waals surface area contributed by atoms with E-state index in [4.69, 9.17) is 23.2 Å². The van der Waals surface area contributed by atoms with E-state index in [1.165, 1.54) is 5.56 Å². The van der Waals surface area contributed by atoms with E-state index < -0.39 is 0 Å². The molecule has 4 aromatic rings. The highest BCUT2D eigenvalue weighted by molar-refractivity contribution is 6.31. The Balaban J connectivity index is 1.43. The fourth-order valence-electron chi connectivity index (χ4n) is 5.59. The molecule has 1 atom stereocenters. The van der Waals surface area contributed by atoms with E-state index in [9.17, 15) is 9.59 Å². The van der Waals surface area contributed by atoms with E-state index in [0.29, 0.717) is 32.5 Å². The standard InChI is InChI=1S/C32H28Cl2N2O2/c1-31(2)19-32(3,22-13-10-20(11-14-22)29(37)35-25-8-4-6-23(33)17-25)28-16-21(12-15-27(28)31)30(38)36-26-9-5-7-24(34)18-26/h4-18H,19H2,1-3H3,(H,35,37)(H,36,38). The summed E-state index contributed by atoms with van der Waals surface area (Å²) in [5.74, 6) is -0.383. The molecular formula is C32H28Cl2N2O2. The van der Waals surface area contributed by atoms with Crippen molar-refractivity contribution in [3.63, 3.8) is 0 Å². The van der Waals surface area contributed by atoms with Crippen molar-refractivity contribution >= 4 is 46.4 Å². The van der Waals surface area contributed by atoms with Crippen LogP contribution >= 0.6 is 23.2 Å². The lowest BCUT2D eigenvalue weighted by Gasteiger charge is -2.28. The molecule has 1 aliphatic rings. The van der Waals surface area contributed by atoms with Crippen LogP contribution in [0.5, 0.6) is 0 Å². The SMILES string of the molecule is CC1(C)CC(C)(c2ccc(C(=O)Nc3cccc(Cl)c3)cc2)c2cc(C(=O)Nc3cccc(Cl)c3)ccc21. The van der Waals surface area contributed by atoms with Crippen LogP contribution < -0.4 is 10.6 Å². The third-order valence-corrected chi connectivity index (χ3v) is 7.82. The summed E-state index contributed by atoms with van der Waals surface area (Å²) < 4.78 is 0. The maximum atomic E-state index is 13.1. The van der Waals surface area contributed by atoms with Crippen LogP contribution in [0.3, 0.4) is 0 Å². The third kappa shape index (κ3) is 5.07. The van der Waals surface area contributed by atoms with Crippen molar-refractivity contribution in [1.82, 2.24) is 0 Å². The molecule has 5 rings (SSSR count). The van der Waals surface area contributed by atoms with Crippen molar-refractivity contribution in [2.45, 2.75) is 38.0 Å². The molecule has 0 bridgehead atoms. The van der Waals surface area contributed by atoms with Gasteiger partial charge in [0.2, 0.25) is 0 Å². The molecule has 0 aliphatic heterocycles. The molecule has 0 aromatic heterocycles. The Labute approximate surface area is 233 Å². The fourth-order valence-corrected chi connectivity index (χ4v) is 5.97. The van der Waals surface area contributed by atoms with Crippen LogP contribution in [0.1, 0.15) is 64.6 Å². The van der Waals surface area contributed by atoms with Gasteiger partial charge in [0.15, 0.2) is 0 Å². The largest absolute Gasteiger partial charge is 0.322 e. The van der Waals surface area contributed by atoms with E-state index in [2.05, 4.69) is 37.5 Å². The van der Waals surface area contributed by atoms with E-state index in [-0.39, 0.29) is 22.6 Å². The summed E-state index contributed by atoms with van der Waals surface area (Å²) in [7, 11) is 0. The molecule has 1 aliphatic carbocycles. The minimum atomic E-state index is -0.326. The van der Waals surface area contributed by atoms with Crippen LogP contribution in [0.2, 0.25) is 10.0 Å². The highest BCUT2D eigenvalue weighted by atomic mass is 35.5. The van der Waals surface area contributed by atoms with Gasteiger partial charge in [0.1, 0.15) is 0 Å². The van der Waals surface area contributed by atoms with Gasteiger partial charge in [0, 0.05) is 38.0 Å². The number of benzene rings is 4. The van der Waals surface area contributed by atoms with Gasteiger partial charge in [-0.25, -0.2) is 0 Å². The number of rotatable bonds is 5. The van der Waals surface area contributed by atoms with Crippen molar-refractivity contribution in [2.75, 3.05) is 10.6 Å². The molecule has 0 saturated heterocycles. The number of nitrogens with one attached hydrogen (secondary N) is 2. The Bertz CT molecular complexity index is 1550. The van der Waals surface area contributed by atoms with Crippen molar-refractivity contribution in [3.8, 4) is 0 Å². The highest BCUT2D eigenvalue weighted by Gasteiger charge is 2.46. The van der Waals surface area contributed by atoms with Gasteiger partial charge in [-0.3, -0.25) is 9.59 Å². The Morgan fingerprint density at radius 2 is 1.18 bits per heavy atom. The summed E-state index contributed by atoms with van der Waals surface area (Å²) in [6.45, 7) is 6.67. The summed E-state index contributed by atoms with van der Waals surface area (Å²) in [6.07, 6.45) is 0.878. The van der Waals surface area contributed by atoms with Gasteiger partial charge in [0.25, 0.3) is 11.8 Å². The Morgan fingerprint density at radius 1 is 0.658 bits per heavy atom. The second-order valence-electron chi connectivity index (χ2n) is 10.7. The Morgan fingerprint density at radius 3 is 1.74 bits per heavy atom. The minimum absolute atomic E-state index is 0.0747. The molecule has 4 aromatic carbocycles. The van der Waals surface area contributed by atoms with Crippen molar-refractivity contribution in [3.05, 3.63) is 129 Å². The van der Waals surface area contributed by atoms with Crippen LogP contribution in [0.25, 0.3) is 0 Å². The lowest BCUT2D eigenvalue weighted by atomic mass is 9.75. The molecule has 192 valence electrons. The zero-order chi connectivity index (χ0) is 27.1. The van der Waals surface area contributed by atoms with E-state index in [0.717, 1.165) is 17.5 Å². The number of carbonyl (C=O) groups is 2. The van der Waals surface area contributed by atoms with Gasteiger partial charge in [0.05, 0.1) is 0 Å². The van der Waals surface area contributed by atoms with E-state index in [1.54, 1.807) is 42.5 Å². The van der Waals surface area contributed by atoms with Gasteiger partial charge in [-0.05, 0) is 89.2 Å². The summed E-state index contributed by atoms with van der Waals surface area (Å²) in [4.78, 5) is 25.9. The maximum absolute atomic E-state index is 13.1. The number of fused-ring (bicyclic) bond motifs is 1. The lowest BCUT2D eigenvalue weighted by Crippen LogP contribution is -2.24.